The third kappa shape index (κ3) is 4.75. The average molecular weight is 261 g/mol. The van der Waals surface area contributed by atoms with E-state index in [4.69, 9.17) is 4.74 Å². The van der Waals surface area contributed by atoms with E-state index in [-0.39, 0.29) is 5.78 Å². The Labute approximate surface area is 115 Å². The van der Waals surface area contributed by atoms with Crippen LogP contribution in [0.2, 0.25) is 0 Å². The van der Waals surface area contributed by atoms with Gasteiger partial charge < -0.3 is 4.74 Å². The zero-order valence-corrected chi connectivity index (χ0v) is 11.7. The van der Waals surface area contributed by atoms with Crippen LogP contribution in [0.1, 0.15) is 54.6 Å². The van der Waals surface area contributed by atoms with Crippen molar-refractivity contribution in [3.63, 3.8) is 0 Å². The molecule has 1 aliphatic heterocycles. The number of nitrogens with zero attached hydrogens (tertiary/aromatic N) is 1. The predicted octanol–water partition coefficient (Wildman–Crippen LogP) is 3.56. The second-order valence-electron chi connectivity index (χ2n) is 5.41. The third-order valence-corrected chi connectivity index (χ3v) is 3.84. The van der Waals surface area contributed by atoms with Gasteiger partial charge in [0.2, 0.25) is 0 Å². The highest BCUT2D eigenvalue weighted by atomic mass is 16.5. The SMILES string of the molecule is Cc1ccc(C(=O)CCCCC2CCOCC2)cn1. The summed E-state index contributed by atoms with van der Waals surface area (Å²) in [5, 5.41) is 0. The molecule has 1 aromatic heterocycles. The lowest BCUT2D eigenvalue weighted by molar-refractivity contribution is 0.0630. The number of aromatic nitrogens is 1. The maximum Gasteiger partial charge on any atom is 0.164 e. The molecule has 19 heavy (non-hydrogen) atoms. The molecule has 0 atom stereocenters. The molecule has 0 spiro atoms. The number of rotatable bonds is 6. The van der Waals surface area contributed by atoms with Gasteiger partial charge in [0, 0.05) is 37.1 Å². The molecule has 0 radical (unpaired) electrons. The molecule has 1 aromatic rings. The molecular formula is C16H23NO2. The largest absolute Gasteiger partial charge is 0.381 e. The number of Topliss-reactive ketones (excluding diaryl/α,β-unsaturated/α-hetero) is 1. The van der Waals surface area contributed by atoms with Crippen LogP contribution in [0.3, 0.4) is 0 Å². The van der Waals surface area contributed by atoms with Crippen molar-refractivity contribution >= 4 is 5.78 Å². The number of hydrogen-bond donors (Lipinski definition) is 0. The van der Waals surface area contributed by atoms with E-state index in [9.17, 15) is 4.79 Å². The van der Waals surface area contributed by atoms with E-state index in [1.807, 2.05) is 19.1 Å². The molecule has 104 valence electrons. The minimum atomic E-state index is 0.222. The Morgan fingerprint density at radius 3 is 2.79 bits per heavy atom. The van der Waals surface area contributed by atoms with Crippen LogP contribution in [0.5, 0.6) is 0 Å². The van der Waals surface area contributed by atoms with Gasteiger partial charge in [0.05, 0.1) is 0 Å². The summed E-state index contributed by atoms with van der Waals surface area (Å²) in [6.45, 7) is 3.76. The molecule has 0 saturated carbocycles. The Bertz CT molecular complexity index is 394. The molecular weight excluding hydrogens is 238 g/mol. The minimum Gasteiger partial charge on any atom is -0.381 e. The number of ketones is 1. The Morgan fingerprint density at radius 2 is 2.11 bits per heavy atom. The van der Waals surface area contributed by atoms with Crippen molar-refractivity contribution in [1.82, 2.24) is 4.98 Å². The second kappa shape index (κ2) is 7.39. The first kappa shape index (κ1) is 14.2. The third-order valence-electron chi connectivity index (χ3n) is 3.84. The molecule has 0 aliphatic carbocycles. The normalized spacial score (nSPS) is 16.5. The number of ether oxygens (including phenoxy) is 1. The number of unbranched alkanes of at least 4 members (excludes halogenated alkanes) is 1. The molecule has 3 heteroatoms. The van der Waals surface area contributed by atoms with E-state index in [1.165, 1.54) is 19.3 Å². The monoisotopic (exact) mass is 261 g/mol. The van der Waals surface area contributed by atoms with Crippen LogP contribution in [-0.2, 0) is 4.74 Å². The summed E-state index contributed by atoms with van der Waals surface area (Å²) in [5.41, 5.74) is 1.70. The molecule has 0 N–H and O–H groups in total. The number of aryl methyl sites for hydroxylation is 1. The Hall–Kier alpha value is -1.22. The van der Waals surface area contributed by atoms with Gasteiger partial charge in [-0.2, -0.15) is 0 Å². The van der Waals surface area contributed by atoms with Gasteiger partial charge in [-0.25, -0.2) is 0 Å². The van der Waals surface area contributed by atoms with Gasteiger partial charge in [-0.1, -0.05) is 12.8 Å². The van der Waals surface area contributed by atoms with Gasteiger partial charge in [0.25, 0.3) is 0 Å². The lowest BCUT2D eigenvalue weighted by Crippen LogP contribution is -2.15. The summed E-state index contributed by atoms with van der Waals surface area (Å²) in [5.74, 6) is 1.03. The van der Waals surface area contributed by atoms with Crippen LogP contribution in [0, 0.1) is 12.8 Å². The highest BCUT2D eigenvalue weighted by molar-refractivity contribution is 5.95. The van der Waals surface area contributed by atoms with E-state index < -0.39 is 0 Å². The molecule has 1 aliphatic rings. The lowest BCUT2D eigenvalue weighted by Gasteiger charge is -2.21. The van der Waals surface area contributed by atoms with Gasteiger partial charge >= 0.3 is 0 Å². The highest BCUT2D eigenvalue weighted by Gasteiger charge is 2.13. The van der Waals surface area contributed by atoms with Gasteiger partial charge in [0.15, 0.2) is 5.78 Å². The smallest absolute Gasteiger partial charge is 0.164 e. The number of carbonyl (C=O) groups excluding carboxylic acids is 1. The molecule has 1 saturated heterocycles. The Morgan fingerprint density at radius 1 is 1.32 bits per heavy atom. The van der Waals surface area contributed by atoms with E-state index >= 15 is 0 Å². The summed E-state index contributed by atoms with van der Waals surface area (Å²) in [7, 11) is 0. The van der Waals surface area contributed by atoms with Crippen molar-refractivity contribution in [3.05, 3.63) is 29.6 Å². The topological polar surface area (TPSA) is 39.2 Å². The first-order chi connectivity index (χ1) is 9.25. The number of pyridine rings is 1. The maximum absolute atomic E-state index is 11.9. The van der Waals surface area contributed by atoms with E-state index in [0.717, 1.165) is 43.2 Å². The number of hydrogen-bond acceptors (Lipinski definition) is 3. The Kier molecular flexibility index (Phi) is 5.52. The summed E-state index contributed by atoms with van der Waals surface area (Å²) < 4.78 is 5.35. The van der Waals surface area contributed by atoms with Crippen LogP contribution >= 0.6 is 0 Å². The summed E-state index contributed by atoms with van der Waals surface area (Å²) in [6, 6.07) is 3.78. The van der Waals surface area contributed by atoms with E-state index in [2.05, 4.69) is 4.98 Å². The molecule has 0 bridgehead atoms. The fourth-order valence-corrected chi connectivity index (χ4v) is 2.53. The predicted molar refractivity (Wildman–Crippen MR) is 75.3 cm³/mol. The maximum atomic E-state index is 11.9. The van der Waals surface area contributed by atoms with E-state index in [0.29, 0.717) is 6.42 Å². The van der Waals surface area contributed by atoms with Gasteiger partial charge in [-0.3, -0.25) is 9.78 Å². The fraction of sp³-hybridized carbons (Fsp3) is 0.625. The lowest BCUT2D eigenvalue weighted by atomic mass is 9.93. The molecule has 2 heterocycles. The Balaban J connectivity index is 1.64. The van der Waals surface area contributed by atoms with Gasteiger partial charge in [-0.05, 0) is 44.2 Å². The molecule has 3 nitrogen and oxygen atoms in total. The van der Waals surface area contributed by atoms with Crippen LogP contribution in [-0.4, -0.2) is 24.0 Å². The zero-order valence-electron chi connectivity index (χ0n) is 11.7. The van der Waals surface area contributed by atoms with Crippen molar-refractivity contribution in [3.8, 4) is 0 Å². The molecule has 0 aromatic carbocycles. The highest BCUT2D eigenvalue weighted by Crippen LogP contribution is 2.21. The first-order valence-electron chi connectivity index (χ1n) is 7.29. The van der Waals surface area contributed by atoms with Crippen molar-refractivity contribution < 1.29 is 9.53 Å². The van der Waals surface area contributed by atoms with Crippen LogP contribution < -0.4 is 0 Å². The zero-order chi connectivity index (χ0) is 13.5. The fourth-order valence-electron chi connectivity index (χ4n) is 2.53. The van der Waals surface area contributed by atoms with Crippen molar-refractivity contribution in [2.45, 2.75) is 45.4 Å². The summed E-state index contributed by atoms with van der Waals surface area (Å²) in [4.78, 5) is 16.1. The first-order valence-corrected chi connectivity index (χ1v) is 7.29. The van der Waals surface area contributed by atoms with Crippen molar-refractivity contribution in [2.75, 3.05) is 13.2 Å². The summed E-state index contributed by atoms with van der Waals surface area (Å²) in [6.07, 6.45) is 8.10. The van der Waals surface area contributed by atoms with Crippen molar-refractivity contribution in [2.24, 2.45) is 5.92 Å². The molecule has 0 unspecified atom stereocenters. The van der Waals surface area contributed by atoms with Crippen LogP contribution in [0.4, 0.5) is 0 Å². The second-order valence-corrected chi connectivity index (χ2v) is 5.41. The standard InChI is InChI=1S/C16H23NO2/c1-13-6-7-15(12-17-13)16(18)5-3-2-4-14-8-10-19-11-9-14/h6-7,12,14H,2-5,8-11H2,1H3. The average Bonchev–Trinajstić information content (AvgIpc) is 2.45. The molecule has 1 fully saturated rings. The molecule has 2 rings (SSSR count). The molecule has 0 amide bonds. The van der Waals surface area contributed by atoms with E-state index in [1.54, 1.807) is 6.20 Å². The summed E-state index contributed by atoms with van der Waals surface area (Å²) >= 11 is 0. The number of carbonyl (C=O) groups is 1. The quantitative estimate of drug-likeness (QED) is 0.580. The van der Waals surface area contributed by atoms with Gasteiger partial charge in [0.1, 0.15) is 0 Å². The van der Waals surface area contributed by atoms with Crippen molar-refractivity contribution in [1.29, 1.82) is 0 Å². The van der Waals surface area contributed by atoms with Gasteiger partial charge in [-0.15, -0.1) is 0 Å². The minimum absolute atomic E-state index is 0.222. The van der Waals surface area contributed by atoms with Crippen LogP contribution in [0.15, 0.2) is 18.3 Å². The van der Waals surface area contributed by atoms with Crippen LogP contribution in [0.25, 0.3) is 0 Å².